The van der Waals surface area contributed by atoms with E-state index < -0.39 is 0 Å². The predicted molar refractivity (Wildman–Crippen MR) is 81.7 cm³/mol. The van der Waals surface area contributed by atoms with Gasteiger partial charge in [-0.3, -0.25) is 4.79 Å². The molecule has 3 N–H and O–H groups in total. The maximum Gasteiger partial charge on any atom is 0.227 e. The monoisotopic (exact) mass is 303 g/mol. The highest BCUT2D eigenvalue weighted by Crippen LogP contribution is 2.42. The molecule has 4 nitrogen and oxygen atoms in total. The number of amides is 1. The van der Waals surface area contributed by atoms with E-state index in [2.05, 4.69) is 16.0 Å². The maximum absolute atomic E-state index is 13.3. The molecular weight excluding hydrogens is 289 g/mol. The van der Waals surface area contributed by atoms with Gasteiger partial charge in [-0.05, 0) is 29.0 Å². The van der Waals surface area contributed by atoms with Crippen molar-refractivity contribution in [3.05, 3.63) is 36.1 Å². The van der Waals surface area contributed by atoms with Crippen LogP contribution in [0.25, 0.3) is 10.8 Å². The summed E-state index contributed by atoms with van der Waals surface area (Å²) in [6, 6.07) is 8.61. The number of hydrogen-bond donors (Lipinski definition) is 3. The third-order valence-electron chi connectivity index (χ3n) is 3.88. The summed E-state index contributed by atoms with van der Waals surface area (Å²) in [4.78, 5) is 13.0. The van der Waals surface area contributed by atoms with Gasteiger partial charge < -0.3 is 16.0 Å². The molecule has 1 unspecified atom stereocenters. The van der Waals surface area contributed by atoms with Gasteiger partial charge in [0.2, 0.25) is 5.91 Å². The largest absolute Gasteiger partial charge is 0.356 e. The first kappa shape index (κ1) is 12.9. The Morgan fingerprint density at radius 3 is 2.90 bits per heavy atom. The Hall–Kier alpha value is -1.79. The van der Waals surface area contributed by atoms with E-state index in [0.29, 0.717) is 0 Å². The summed E-state index contributed by atoms with van der Waals surface area (Å²) in [5.74, 6) is -0.0930. The molecule has 6 heteroatoms. The third-order valence-corrected chi connectivity index (χ3v) is 5.03. The van der Waals surface area contributed by atoms with Crippen LogP contribution in [0.15, 0.2) is 35.2 Å². The highest BCUT2D eigenvalue weighted by molar-refractivity contribution is 8.00. The summed E-state index contributed by atoms with van der Waals surface area (Å²) in [6.07, 6.45) is 0. The average molecular weight is 303 g/mol. The smallest absolute Gasteiger partial charge is 0.227 e. The van der Waals surface area contributed by atoms with Gasteiger partial charge in [0.25, 0.3) is 0 Å². The molecule has 2 aromatic carbocycles. The van der Waals surface area contributed by atoms with E-state index >= 15 is 0 Å². The van der Waals surface area contributed by atoms with Crippen LogP contribution in [0.3, 0.4) is 0 Å². The minimum atomic E-state index is -0.235. The second kappa shape index (κ2) is 4.89. The van der Waals surface area contributed by atoms with Crippen molar-refractivity contribution in [2.24, 2.45) is 5.92 Å². The highest BCUT2D eigenvalue weighted by Gasteiger charge is 2.30. The molecule has 21 heavy (non-hydrogen) atoms. The SMILES string of the molecule is O=C(NC1Nc2ccc3cc(F)ccc3c2S1)C1CNC1. The molecule has 2 aromatic rings. The zero-order valence-corrected chi connectivity index (χ0v) is 12.0. The third kappa shape index (κ3) is 2.24. The van der Waals surface area contributed by atoms with Crippen LogP contribution in [0, 0.1) is 11.7 Å². The van der Waals surface area contributed by atoms with E-state index in [0.717, 1.165) is 34.4 Å². The summed E-state index contributed by atoms with van der Waals surface area (Å²) in [6.45, 7) is 1.50. The Morgan fingerprint density at radius 1 is 1.29 bits per heavy atom. The van der Waals surface area contributed by atoms with Gasteiger partial charge in [0.15, 0.2) is 5.50 Å². The lowest BCUT2D eigenvalue weighted by Crippen LogP contribution is -2.52. The molecule has 0 bridgehead atoms. The fraction of sp³-hybridized carbons (Fsp3) is 0.267. The van der Waals surface area contributed by atoms with Crippen molar-refractivity contribution in [1.82, 2.24) is 10.6 Å². The van der Waals surface area contributed by atoms with Gasteiger partial charge in [-0.1, -0.05) is 23.9 Å². The van der Waals surface area contributed by atoms with Crippen molar-refractivity contribution in [3.63, 3.8) is 0 Å². The maximum atomic E-state index is 13.3. The Morgan fingerprint density at radius 2 is 2.14 bits per heavy atom. The lowest BCUT2D eigenvalue weighted by atomic mass is 10.0. The number of rotatable bonds is 2. The second-order valence-corrected chi connectivity index (χ2v) is 6.43. The molecular formula is C15H14FN3OS. The number of anilines is 1. The highest BCUT2D eigenvalue weighted by atomic mass is 32.2. The normalized spacial score (nSPS) is 20.7. The van der Waals surface area contributed by atoms with Gasteiger partial charge in [-0.2, -0.15) is 0 Å². The Balaban J connectivity index is 1.58. The number of fused-ring (bicyclic) bond motifs is 3. The number of thioether (sulfide) groups is 1. The summed E-state index contributed by atoms with van der Waals surface area (Å²) in [5, 5.41) is 11.3. The molecule has 0 aliphatic carbocycles. The van der Waals surface area contributed by atoms with Crippen LogP contribution >= 0.6 is 11.8 Å². The molecule has 1 amide bonds. The van der Waals surface area contributed by atoms with Gasteiger partial charge in [0.05, 0.1) is 11.6 Å². The molecule has 2 heterocycles. The molecule has 0 saturated carbocycles. The van der Waals surface area contributed by atoms with Crippen LogP contribution in [0.5, 0.6) is 0 Å². The lowest BCUT2D eigenvalue weighted by molar-refractivity contribution is -0.126. The standard InChI is InChI=1S/C15H14FN3OS/c16-10-2-3-11-8(5-10)1-4-12-13(11)21-15(18-12)19-14(20)9-6-17-7-9/h1-5,9,15,17-18H,6-7H2,(H,19,20). The molecule has 0 aromatic heterocycles. The van der Waals surface area contributed by atoms with E-state index in [1.54, 1.807) is 17.8 Å². The molecule has 1 atom stereocenters. The summed E-state index contributed by atoms with van der Waals surface area (Å²) >= 11 is 1.57. The number of benzene rings is 2. The van der Waals surface area contributed by atoms with Crippen molar-refractivity contribution in [2.45, 2.75) is 10.4 Å². The van der Waals surface area contributed by atoms with E-state index in [9.17, 15) is 9.18 Å². The molecule has 0 spiro atoms. The van der Waals surface area contributed by atoms with Crippen LogP contribution in [0.2, 0.25) is 0 Å². The first-order valence-corrected chi connectivity index (χ1v) is 7.75. The number of nitrogens with one attached hydrogen (secondary N) is 3. The van der Waals surface area contributed by atoms with Gasteiger partial charge in [0, 0.05) is 18.0 Å². The fourth-order valence-electron chi connectivity index (χ4n) is 2.59. The van der Waals surface area contributed by atoms with Gasteiger partial charge in [-0.15, -0.1) is 0 Å². The number of hydrogen-bond acceptors (Lipinski definition) is 4. The average Bonchev–Trinajstić information content (AvgIpc) is 2.78. The Kier molecular flexibility index (Phi) is 3.01. The topological polar surface area (TPSA) is 53.2 Å². The van der Waals surface area contributed by atoms with E-state index in [-0.39, 0.29) is 23.1 Å². The minimum Gasteiger partial charge on any atom is -0.356 e. The minimum absolute atomic E-state index is 0.0712. The number of halogens is 1. The van der Waals surface area contributed by atoms with Gasteiger partial charge in [-0.25, -0.2) is 4.39 Å². The molecule has 2 aliphatic rings. The van der Waals surface area contributed by atoms with Crippen LogP contribution in [0.1, 0.15) is 0 Å². The summed E-state index contributed by atoms with van der Waals surface area (Å²) in [7, 11) is 0. The van der Waals surface area contributed by atoms with Crippen molar-refractivity contribution in [2.75, 3.05) is 18.4 Å². The van der Waals surface area contributed by atoms with Gasteiger partial charge >= 0.3 is 0 Å². The number of carbonyl (C=O) groups excluding carboxylic acids is 1. The van der Waals surface area contributed by atoms with Crippen molar-refractivity contribution < 1.29 is 9.18 Å². The van der Waals surface area contributed by atoms with Crippen molar-refractivity contribution >= 4 is 34.1 Å². The van der Waals surface area contributed by atoms with Crippen molar-refractivity contribution in [3.8, 4) is 0 Å². The fourth-order valence-corrected chi connectivity index (χ4v) is 3.75. The first-order valence-electron chi connectivity index (χ1n) is 6.87. The molecule has 1 saturated heterocycles. The summed E-state index contributed by atoms with van der Waals surface area (Å²) < 4.78 is 13.3. The molecule has 108 valence electrons. The number of carbonyl (C=O) groups is 1. The molecule has 0 radical (unpaired) electrons. The molecule has 2 aliphatic heterocycles. The first-order chi connectivity index (χ1) is 10.2. The zero-order chi connectivity index (χ0) is 14.4. The van der Waals surface area contributed by atoms with Crippen LogP contribution in [-0.4, -0.2) is 24.5 Å². The lowest BCUT2D eigenvalue weighted by Gasteiger charge is -2.27. The predicted octanol–water partition coefficient (Wildman–Crippen LogP) is 2.12. The zero-order valence-electron chi connectivity index (χ0n) is 11.2. The van der Waals surface area contributed by atoms with Crippen molar-refractivity contribution in [1.29, 1.82) is 0 Å². The van der Waals surface area contributed by atoms with Crippen LogP contribution in [0.4, 0.5) is 10.1 Å². The van der Waals surface area contributed by atoms with E-state index in [1.807, 2.05) is 12.1 Å². The Labute approximate surface area is 125 Å². The second-order valence-electron chi connectivity index (χ2n) is 5.31. The molecule has 4 rings (SSSR count). The Bertz CT molecular complexity index is 732. The quantitative estimate of drug-likeness (QED) is 0.795. The summed E-state index contributed by atoms with van der Waals surface area (Å²) in [5.41, 5.74) is 0.819. The van der Waals surface area contributed by atoms with Gasteiger partial charge in [0.1, 0.15) is 5.82 Å². The van der Waals surface area contributed by atoms with E-state index in [1.165, 1.54) is 12.1 Å². The van der Waals surface area contributed by atoms with E-state index in [4.69, 9.17) is 0 Å². The van der Waals surface area contributed by atoms with Crippen LogP contribution < -0.4 is 16.0 Å². The molecule has 1 fully saturated rings. The van der Waals surface area contributed by atoms with Crippen LogP contribution in [-0.2, 0) is 4.79 Å².